The number of carbonyl (C=O) groups excluding carboxylic acids is 1. The molecule has 1 fully saturated rings. The van der Waals surface area contributed by atoms with Crippen LogP contribution in [0.25, 0.3) is 0 Å². The van der Waals surface area contributed by atoms with Crippen molar-refractivity contribution in [2.45, 2.75) is 45.1 Å². The van der Waals surface area contributed by atoms with Crippen LogP contribution in [0.15, 0.2) is 28.7 Å². The SMILES string of the molecule is COC(=O)C1(Nc2cccc(Br)c2)CCC(C(C)C)CC1. The van der Waals surface area contributed by atoms with Gasteiger partial charge in [0.1, 0.15) is 5.54 Å². The Morgan fingerprint density at radius 3 is 2.57 bits per heavy atom. The lowest BCUT2D eigenvalue weighted by atomic mass is 9.72. The zero-order valence-electron chi connectivity index (χ0n) is 13.0. The molecule has 4 heteroatoms. The van der Waals surface area contributed by atoms with Gasteiger partial charge in [-0.1, -0.05) is 35.8 Å². The van der Waals surface area contributed by atoms with Crippen LogP contribution in [0.4, 0.5) is 5.69 Å². The minimum absolute atomic E-state index is 0.148. The molecule has 0 unspecified atom stereocenters. The van der Waals surface area contributed by atoms with Crippen molar-refractivity contribution < 1.29 is 9.53 Å². The number of carbonyl (C=O) groups is 1. The summed E-state index contributed by atoms with van der Waals surface area (Å²) in [4.78, 5) is 12.4. The third-order valence-electron chi connectivity index (χ3n) is 4.61. The fourth-order valence-corrected chi connectivity index (χ4v) is 3.62. The van der Waals surface area contributed by atoms with E-state index in [-0.39, 0.29) is 5.97 Å². The Morgan fingerprint density at radius 1 is 1.38 bits per heavy atom. The molecule has 0 radical (unpaired) electrons. The largest absolute Gasteiger partial charge is 0.467 e. The Labute approximate surface area is 135 Å². The van der Waals surface area contributed by atoms with Gasteiger partial charge in [0.2, 0.25) is 0 Å². The first-order valence-corrected chi connectivity index (χ1v) is 8.38. The highest BCUT2D eigenvalue weighted by Crippen LogP contribution is 2.38. The number of anilines is 1. The fraction of sp³-hybridized carbons (Fsp3) is 0.588. The molecule has 0 spiro atoms. The van der Waals surface area contributed by atoms with Gasteiger partial charge in [-0.3, -0.25) is 0 Å². The van der Waals surface area contributed by atoms with E-state index in [2.05, 4.69) is 35.1 Å². The first-order valence-electron chi connectivity index (χ1n) is 7.59. The van der Waals surface area contributed by atoms with Gasteiger partial charge in [0, 0.05) is 10.2 Å². The zero-order chi connectivity index (χ0) is 15.5. The van der Waals surface area contributed by atoms with E-state index in [1.54, 1.807) is 0 Å². The predicted octanol–water partition coefficient (Wildman–Crippen LogP) is 4.62. The summed E-state index contributed by atoms with van der Waals surface area (Å²) in [6, 6.07) is 7.94. The van der Waals surface area contributed by atoms with Gasteiger partial charge in [0.25, 0.3) is 0 Å². The molecule has 116 valence electrons. The van der Waals surface area contributed by atoms with E-state index in [4.69, 9.17) is 4.74 Å². The van der Waals surface area contributed by atoms with Crippen LogP contribution < -0.4 is 5.32 Å². The average Bonchev–Trinajstić information content (AvgIpc) is 2.46. The van der Waals surface area contributed by atoms with E-state index < -0.39 is 5.54 Å². The highest BCUT2D eigenvalue weighted by atomic mass is 79.9. The van der Waals surface area contributed by atoms with Gasteiger partial charge in [-0.05, 0) is 55.7 Å². The number of nitrogens with one attached hydrogen (secondary N) is 1. The standard InChI is InChI=1S/C17H24BrNO2/c1-12(2)13-7-9-17(10-8-13,16(20)21-3)19-15-6-4-5-14(18)11-15/h4-6,11-13,19H,7-10H2,1-3H3. The zero-order valence-corrected chi connectivity index (χ0v) is 14.6. The van der Waals surface area contributed by atoms with Gasteiger partial charge < -0.3 is 10.1 Å². The van der Waals surface area contributed by atoms with Gasteiger partial charge in [-0.2, -0.15) is 0 Å². The summed E-state index contributed by atoms with van der Waals surface area (Å²) in [6.45, 7) is 4.52. The number of hydrogen-bond donors (Lipinski definition) is 1. The van der Waals surface area contributed by atoms with Crippen LogP contribution in [0.2, 0.25) is 0 Å². The summed E-state index contributed by atoms with van der Waals surface area (Å²) in [7, 11) is 1.47. The van der Waals surface area contributed by atoms with E-state index in [1.807, 2.05) is 24.3 Å². The Hall–Kier alpha value is -1.03. The summed E-state index contributed by atoms with van der Waals surface area (Å²) in [6.07, 6.45) is 3.78. The van der Waals surface area contributed by atoms with Crippen LogP contribution in [-0.2, 0) is 9.53 Å². The maximum Gasteiger partial charge on any atom is 0.331 e. The van der Waals surface area contributed by atoms with Gasteiger partial charge in [0.05, 0.1) is 7.11 Å². The number of ether oxygens (including phenoxy) is 1. The monoisotopic (exact) mass is 353 g/mol. The summed E-state index contributed by atoms with van der Waals surface area (Å²) < 4.78 is 6.08. The first kappa shape index (κ1) is 16.3. The molecule has 21 heavy (non-hydrogen) atoms. The molecule has 1 aromatic carbocycles. The Kier molecular flexibility index (Phi) is 5.31. The molecule has 0 aromatic heterocycles. The van der Waals surface area contributed by atoms with Crippen molar-refractivity contribution in [3.63, 3.8) is 0 Å². The van der Waals surface area contributed by atoms with Crippen LogP contribution >= 0.6 is 15.9 Å². The normalized spacial score (nSPS) is 25.7. The van der Waals surface area contributed by atoms with Crippen molar-refractivity contribution in [3.05, 3.63) is 28.7 Å². The Bertz CT molecular complexity index is 493. The van der Waals surface area contributed by atoms with Gasteiger partial charge >= 0.3 is 5.97 Å². The molecule has 1 aliphatic rings. The van der Waals surface area contributed by atoms with Crippen LogP contribution in [0.1, 0.15) is 39.5 Å². The minimum atomic E-state index is -0.582. The number of hydrogen-bond acceptors (Lipinski definition) is 3. The molecular weight excluding hydrogens is 330 g/mol. The third-order valence-corrected chi connectivity index (χ3v) is 5.10. The molecule has 1 saturated carbocycles. The van der Waals surface area contributed by atoms with Crippen molar-refractivity contribution in [2.75, 3.05) is 12.4 Å². The molecule has 0 heterocycles. The van der Waals surface area contributed by atoms with Crippen molar-refractivity contribution in [1.29, 1.82) is 0 Å². The summed E-state index contributed by atoms with van der Waals surface area (Å²) in [5.74, 6) is 1.23. The number of rotatable bonds is 4. The molecule has 3 nitrogen and oxygen atoms in total. The van der Waals surface area contributed by atoms with Crippen molar-refractivity contribution in [3.8, 4) is 0 Å². The topological polar surface area (TPSA) is 38.3 Å². The number of esters is 1. The smallest absolute Gasteiger partial charge is 0.331 e. The lowest BCUT2D eigenvalue weighted by molar-refractivity contribution is -0.147. The Balaban J connectivity index is 2.17. The average molecular weight is 354 g/mol. The third kappa shape index (κ3) is 3.79. The molecular formula is C17H24BrNO2. The van der Waals surface area contributed by atoms with Gasteiger partial charge in [-0.25, -0.2) is 4.79 Å². The number of methoxy groups -OCH3 is 1. The van der Waals surface area contributed by atoms with Crippen molar-refractivity contribution in [2.24, 2.45) is 11.8 Å². The second-order valence-corrected chi connectivity index (χ2v) is 7.21. The Morgan fingerprint density at radius 2 is 2.05 bits per heavy atom. The molecule has 2 rings (SSSR count). The van der Waals surface area contributed by atoms with E-state index >= 15 is 0 Å². The highest BCUT2D eigenvalue weighted by Gasteiger charge is 2.43. The maximum atomic E-state index is 12.4. The van der Waals surface area contributed by atoms with E-state index in [0.29, 0.717) is 11.8 Å². The van der Waals surface area contributed by atoms with Crippen LogP contribution in [0.5, 0.6) is 0 Å². The molecule has 0 amide bonds. The molecule has 0 aliphatic heterocycles. The van der Waals surface area contributed by atoms with Gasteiger partial charge in [0.15, 0.2) is 0 Å². The van der Waals surface area contributed by atoms with E-state index in [0.717, 1.165) is 35.8 Å². The molecule has 0 bridgehead atoms. The second kappa shape index (κ2) is 6.82. The lowest BCUT2D eigenvalue weighted by Crippen LogP contribution is -2.50. The molecule has 0 atom stereocenters. The lowest BCUT2D eigenvalue weighted by Gasteiger charge is -2.40. The fourth-order valence-electron chi connectivity index (χ4n) is 3.22. The maximum absolute atomic E-state index is 12.4. The van der Waals surface area contributed by atoms with Crippen LogP contribution in [0.3, 0.4) is 0 Å². The van der Waals surface area contributed by atoms with Crippen molar-refractivity contribution >= 4 is 27.6 Å². The minimum Gasteiger partial charge on any atom is -0.467 e. The van der Waals surface area contributed by atoms with Gasteiger partial charge in [-0.15, -0.1) is 0 Å². The van der Waals surface area contributed by atoms with Crippen molar-refractivity contribution in [1.82, 2.24) is 0 Å². The van der Waals surface area contributed by atoms with Crippen LogP contribution in [0, 0.1) is 11.8 Å². The summed E-state index contributed by atoms with van der Waals surface area (Å²) in [5.41, 5.74) is 0.374. The van der Waals surface area contributed by atoms with E-state index in [1.165, 1.54) is 7.11 Å². The summed E-state index contributed by atoms with van der Waals surface area (Å²) in [5, 5.41) is 3.44. The molecule has 0 saturated heterocycles. The quantitative estimate of drug-likeness (QED) is 0.802. The molecule has 1 aromatic rings. The number of benzene rings is 1. The first-order chi connectivity index (χ1) is 9.97. The highest BCUT2D eigenvalue weighted by molar-refractivity contribution is 9.10. The number of halogens is 1. The predicted molar refractivity (Wildman–Crippen MR) is 89.3 cm³/mol. The molecule has 1 aliphatic carbocycles. The summed E-state index contributed by atoms with van der Waals surface area (Å²) >= 11 is 3.47. The van der Waals surface area contributed by atoms with Crippen LogP contribution in [-0.4, -0.2) is 18.6 Å². The second-order valence-electron chi connectivity index (χ2n) is 6.29. The van der Waals surface area contributed by atoms with E-state index in [9.17, 15) is 4.79 Å². The molecule has 1 N–H and O–H groups in total.